The van der Waals surface area contributed by atoms with Crippen LogP contribution in [0, 0.1) is 0 Å². The Balaban J connectivity index is 3.17. The number of hydrogen-bond acceptors (Lipinski definition) is 2. The number of rotatable bonds is 3. The zero-order valence-electron chi connectivity index (χ0n) is 9.83. The highest BCUT2D eigenvalue weighted by atomic mass is 15.1. The zero-order chi connectivity index (χ0) is 10.7. The molecule has 0 spiro atoms. The van der Waals surface area contributed by atoms with Gasteiger partial charge in [-0.2, -0.15) is 10.2 Å². The minimum absolute atomic E-state index is 0.464. The van der Waals surface area contributed by atoms with Crippen LogP contribution in [0.3, 0.4) is 0 Å². The molecule has 0 saturated heterocycles. The fourth-order valence-electron chi connectivity index (χ4n) is 1.54. The lowest BCUT2D eigenvalue weighted by molar-refractivity contribution is 0.715. The lowest BCUT2D eigenvalue weighted by Gasteiger charge is -2.14. The van der Waals surface area contributed by atoms with Gasteiger partial charge in [-0.15, -0.1) is 0 Å². The number of nitrogens with zero attached hydrogens (tertiary/aromatic N) is 2. The SMILES string of the molecule is CCc1cc(C(C)C)c(C(C)C)nn1. The van der Waals surface area contributed by atoms with Crippen LogP contribution in [0.15, 0.2) is 6.07 Å². The maximum absolute atomic E-state index is 4.32. The molecule has 1 aromatic rings. The number of aromatic nitrogens is 2. The van der Waals surface area contributed by atoms with Crippen LogP contribution >= 0.6 is 0 Å². The van der Waals surface area contributed by atoms with E-state index in [2.05, 4.69) is 50.9 Å². The summed E-state index contributed by atoms with van der Waals surface area (Å²) in [5, 5.41) is 8.53. The fourth-order valence-corrected chi connectivity index (χ4v) is 1.54. The van der Waals surface area contributed by atoms with Gasteiger partial charge < -0.3 is 0 Å². The van der Waals surface area contributed by atoms with Gasteiger partial charge in [0.25, 0.3) is 0 Å². The zero-order valence-corrected chi connectivity index (χ0v) is 9.83. The average molecular weight is 192 g/mol. The van der Waals surface area contributed by atoms with Crippen molar-refractivity contribution >= 4 is 0 Å². The molecule has 2 heteroatoms. The molecule has 0 aliphatic carbocycles. The molecule has 0 radical (unpaired) electrons. The van der Waals surface area contributed by atoms with E-state index in [1.807, 2.05) is 0 Å². The smallest absolute Gasteiger partial charge is 0.0691 e. The van der Waals surface area contributed by atoms with Gasteiger partial charge in [-0.3, -0.25) is 0 Å². The van der Waals surface area contributed by atoms with E-state index in [4.69, 9.17) is 0 Å². The second kappa shape index (κ2) is 4.54. The first-order valence-electron chi connectivity index (χ1n) is 5.42. The van der Waals surface area contributed by atoms with E-state index >= 15 is 0 Å². The second-order valence-electron chi connectivity index (χ2n) is 4.34. The van der Waals surface area contributed by atoms with Crippen molar-refractivity contribution in [3.05, 3.63) is 23.0 Å². The molecule has 14 heavy (non-hydrogen) atoms. The molecule has 0 aliphatic rings. The summed E-state index contributed by atoms with van der Waals surface area (Å²) in [4.78, 5) is 0. The van der Waals surface area contributed by atoms with Gasteiger partial charge in [-0.1, -0.05) is 34.6 Å². The standard InChI is InChI=1S/C12H20N2/c1-6-10-7-11(8(2)3)12(9(4)5)14-13-10/h7-9H,6H2,1-5H3. The molecular formula is C12H20N2. The molecule has 0 aliphatic heterocycles. The topological polar surface area (TPSA) is 25.8 Å². The van der Waals surface area contributed by atoms with Crippen molar-refractivity contribution in [2.24, 2.45) is 0 Å². The average Bonchev–Trinajstić information content (AvgIpc) is 2.16. The Hall–Kier alpha value is -0.920. The Bertz CT molecular complexity index is 303. The van der Waals surface area contributed by atoms with Crippen LogP contribution in [0.1, 0.15) is 63.4 Å². The van der Waals surface area contributed by atoms with Crippen LogP contribution in [-0.2, 0) is 6.42 Å². The van der Waals surface area contributed by atoms with Crippen LogP contribution in [0.25, 0.3) is 0 Å². The highest BCUT2D eigenvalue weighted by Crippen LogP contribution is 2.23. The maximum atomic E-state index is 4.32. The highest BCUT2D eigenvalue weighted by molar-refractivity contribution is 5.26. The molecule has 2 nitrogen and oxygen atoms in total. The van der Waals surface area contributed by atoms with Crippen LogP contribution in [0.5, 0.6) is 0 Å². The minimum Gasteiger partial charge on any atom is -0.155 e. The molecule has 0 atom stereocenters. The van der Waals surface area contributed by atoms with Crippen molar-refractivity contribution in [2.75, 3.05) is 0 Å². The summed E-state index contributed by atoms with van der Waals surface area (Å²) in [6.07, 6.45) is 0.963. The van der Waals surface area contributed by atoms with Crippen molar-refractivity contribution in [3.8, 4) is 0 Å². The second-order valence-corrected chi connectivity index (χ2v) is 4.34. The summed E-state index contributed by atoms with van der Waals surface area (Å²) in [6.45, 7) is 10.9. The Kier molecular flexibility index (Phi) is 3.62. The summed E-state index contributed by atoms with van der Waals surface area (Å²) in [5.74, 6) is 0.999. The first-order chi connectivity index (χ1) is 6.56. The van der Waals surface area contributed by atoms with Gasteiger partial charge in [0.15, 0.2) is 0 Å². The number of aryl methyl sites for hydroxylation is 1. The molecule has 0 unspecified atom stereocenters. The molecular weight excluding hydrogens is 172 g/mol. The van der Waals surface area contributed by atoms with E-state index < -0.39 is 0 Å². The van der Waals surface area contributed by atoms with Crippen molar-refractivity contribution in [2.45, 2.75) is 52.9 Å². The summed E-state index contributed by atoms with van der Waals surface area (Å²) in [6, 6.07) is 2.20. The van der Waals surface area contributed by atoms with Gasteiger partial charge in [0.1, 0.15) is 0 Å². The quantitative estimate of drug-likeness (QED) is 0.734. The van der Waals surface area contributed by atoms with E-state index in [0.29, 0.717) is 11.8 Å². The van der Waals surface area contributed by atoms with Crippen molar-refractivity contribution in [3.63, 3.8) is 0 Å². The normalized spacial score (nSPS) is 11.4. The van der Waals surface area contributed by atoms with Crippen molar-refractivity contribution < 1.29 is 0 Å². The predicted octanol–water partition coefficient (Wildman–Crippen LogP) is 3.29. The van der Waals surface area contributed by atoms with E-state index in [9.17, 15) is 0 Å². The van der Waals surface area contributed by atoms with Gasteiger partial charge in [0.2, 0.25) is 0 Å². The summed E-state index contributed by atoms with van der Waals surface area (Å²) in [7, 11) is 0. The molecule has 0 amide bonds. The third kappa shape index (κ3) is 2.31. The van der Waals surface area contributed by atoms with E-state index in [-0.39, 0.29) is 0 Å². The third-order valence-corrected chi connectivity index (χ3v) is 2.44. The van der Waals surface area contributed by atoms with E-state index in [0.717, 1.165) is 17.8 Å². The van der Waals surface area contributed by atoms with Crippen molar-refractivity contribution in [1.29, 1.82) is 0 Å². The molecule has 0 bridgehead atoms. The Morgan fingerprint density at radius 3 is 2.14 bits per heavy atom. The lowest BCUT2D eigenvalue weighted by atomic mass is 9.95. The third-order valence-electron chi connectivity index (χ3n) is 2.44. The predicted molar refractivity (Wildman–Crippen MR) is 59.6 cm³/mol. The van der Waals surface area contributed by atoms with Gasteiger partial charge in [0.05, 0.1) is 11.4 Å². The van der Waals surface area contributed by atoms with Crippen LogP contribution in [0.4, 0.5) is 0 Å². The van der Waals surface area contributed by atoms with Crippen molar-refractivity contribution in [1.82, 2.24) is 10.2 Å². The maximum Gasteiger partial charge on any atom is 0.0691 e. The summed E-state index contributed by atoms with van der Waals surface area (Å²) >= 11 is 0. The van der Waals surface area contributed by atoms with E-state index in [1.165, 1.54) is 5.56 Å². The lowest BCUT2D eigenvalue weighted by Crippen LogP contribution is -2.06. The summed E-state index contributed by atoms with van der Waals surface area (Å²) < 4.78 is 0. The van der Waals surface area contributed by atoms with Gasteiger partial charge in [0, 0.05) is 0 Å². The highest BCUT2D eigenvalue weighted by Gasteiger charge is 2.12. The Morgan fingerprint density at radius 2 is 1.71 bits per heavy atom. The minimum atomic E-state index is 0.464. The first kappa shape index (κ1) is 11.2. The number of hydrogen-bond donors (Lipinski definition) is 0. The monoisotopic (exact) mass is 192 g/mol. The molecule has 0 aromatic carbocycles. The largest absolute Gasteiger partial charge is 0.155 e. The molecule has 0 fully saturated rings. The summed E-state index contributed by atoms with van der Waals surface area (Å²) in [5.41, 5.74) is 3.60. The molecule has 1 rings (SSSR count). The first-order valence-corrected chi connectivity index (χ1v) is 5.42. The molecule has 0 saturated carbocycles. The molecule has 0 N–H and O–H groups in total. The fraction of sp³-hybridized carbons (Fsp3) is 0.667. The van der Waals surface area contributed by atoms with Gasteiger partial charge in [-0.25, -0.2) is 0 Å². The molecule has 1 heterocycles. The molecule has 78 valence electrons. The van der Waals surface area contributed by atoms with Gasteiger partial charge >= 0.3 is 0 Å². The molecule has 1 aromatic heterocycles. The Labute approximate surface area is 86.8 Å². The Morgan fingerprint density at radius 1 is 1.07 bits per heavy atom. The van der Waals surface area contributed by atoms with Crippen LogP contribution < -0.4 is 0 Å². The van der Waals surface area contributed by atoms with E-state index in [1.54, 1.807) is 0 Å². The van der Waals surface area contributed by atoms with Crippen LogP contribution in [0.2, 0.25) is 0 Å². The van der Waals surface area contributed by atoms with Gasteiger partial charge in [-0.05, 0) is 29.9 Å². The van der Waals surface area contributed by atoms with Crippen LogP contribution in [-0.4, -0.2) is 10.2 Å².